The number of aliphatic hydroxyl groups is 1. The van der Waals surface area contributed by atoms with E-state index < -0.39 is 6.10 Å². The van der Waals surface area contributed by atoms with Crippen LogP contribution in [0.3, 0.4) is 0 Å². The number of hydrogen-bond donors (Lipinski definition) is 1. The first kappa shape index (κ1) is 16.0. The molecule has 3 nitrogen and oxygen atoms in total. The molecule has 1 atom stereocenters. The molecule has 0 aliphatic heterocycles. The number of methoxy groups -OCH3 is 1. The Bertz CT molecular complexity index is 557. The fourth-order valence-electron chi connectivity index (χ4n) is 2.03. The minimum absolute atomic E-state index is 0.501. The minimum Gasteiger partial charge on any atom is -0.490 e. The Kier molecular flexibility index (Phi) is 6.23. The van der Waals surface area contributed by atoms with Crippen molar-refractivity contribution in [3.8, 4) is 5.75 Å². The molecule has 1 N–H and O–H groups in total. The largest absolute Gasteiger partial charge is 0.490 e. The van der Waals surface area contributed by atoms with Crippen molar-refractivity contribution < 1.29 is 14.6 Å². The molecule has 0 saturated heterocycles. The average Bonchev–Trinajstić information content (AvgIpc) is 2.50. The lowest BCUT2D eigenvalue weighted by atomic mass is 10.0. The molecule has 0 amide bonds. The SMILES string of the molecule is COCCOc1ccc(C(O)Cc2ccccc2)cc1Br. The van der Waals surface area contributed by atoms with Crippen molar-refractivity contribution in [3.05, 3.63) is 64.1 Å². The lowest BCUT2D eigenvalue weighted by molar-refractivity contribution is 0.145. The first-order chi connectivity index (χ1) is 10.2. The standard InChI is InChI=1S/C17H19BrO3/c1-20-9-10-21-17-8-7-14(12-15(17)18)16(19)11-13-5-3-2-4-6-13/h2-8,12,16,19H,9-11H2,1H3. The van der Waals surface area contributed by atoms with Crippen LogP contribution in [0.25, 0.3) is 0 Å². The molecule has 1 unspecified atom stereocenters. The molecule has 0 spiro atoms. The van der Waals surface area contributed by atoms with Crippen LogP contribution in [0.5, 0.6) is 5.75 Å². The summed E-state index contributed by atoms with van der Waals surface area (Å²) in [6, 6.07) is 15.6. The molecule has 2 rings (SSSR count). The van der Waals surface area contributed by atoms with Crippen molar-refractivity contribution in [2.75, 3.05) is 20.3 Å². The van der Waals surface area contributed by atoms with Gasteiger partial charge >= 0.3 is 0 Å². The van der Waals surface area contributed by atoms with Gasteiger partial charge in [0.2, 0.25) is 0 Å². The molecule has 0 fully saturated rings. The Morgan fingerprint density at radius 3 is 2.52 bits per heavy atom. The Hall–Kier alpha value is -1.36. The van der Waals surface area contributed by atoms with E-state index in [9.17, 15) is 5.11 Å². The van der Waals surface area contributed by atoms with Crippen LogP contribution in [0.1, 0.15) is 17.2 Å². The second-order valence-electron chi connectivity index (χ2n) is 4.74. The normalized spacial score (nSPS) is 12.1. The number of halogens is 1. The van der Waals surface area contributed by atoms with Crippen LogP contribution >= 0.6 is 15.9 Å². The van der Waals surface area contributed by atoms with Crippen LogP contribution in [-0.4, -0.2) is 25.4 Å². The highest BCUT2D eigenvalue weighted by Gasteiger charge is 2.11. The molecule has 0 aliphatic rings. The maximum absolute atomic E-state index is 10.3. The number of rotatable bonds is 7. The first-order valence-electron chi connectivity index (χ1n) is 6.84. The summed E-state index contributed by atoms with van der Waals surface area (Å²) in [6.07, 6.45) is 0.0636. The van der Waals surface area contributed by atoms with Crippen molar-refractivity contribution in [2.45, 2.75) is 12.5 Å². The van der Waals surface area contributed by atoms with Gasteiger partial charge in [-0.1, -0.05) is 36.4 Å². The molecule has 2 aromatic rings. The molecule has 0 radical (unpaired) electrons. The van der Waals surface area contributed by atoms with Crippen molar-refractivity contribution in [3.63, 3.8) is 0 Å². The first-order valence-corrected chi connectivity index (χ1v) is 7.63. The van der Waals surface area contributed by atoms with E-state index in [-0.39, 0.29) is 0 Å². The quantitative estimate of drug-likeness (QED) is 0.773. The lowest BCUT2D eigenvalue weighted by Gasteiger charge is -2.14. The van der Waals surface area contributed by atoms with E-state index in [1.165, 1.54) is 0 Å². The Morgan fingerprint density at radius 1 is 1.10 bits per heavy atom. The summed E-state index contributed by atoms with van der Waals surface area (Å²) in [5.41, 5.74) is 1.98. The van der Waals surface area contributed by atoms with E-state index in [0.29, 0.717) is 19.6 Å². The number of benzene rings is 2. The highest BCUT2D eigenvalue weighted by atomic mass is 79.9. The fraction of sp³-hybridized carbons (Fsp3) is 0.294. The summed E-state index contributed by atoms with van der Waals surface area (Å²) in [6.45, 7) is 1.05. The molecule has 4 heteroatoms. The van der Waals surface area contributed by atoms with Crippen molar-refractivity contribution in [1.29, 1.82) is 0 Å². The maximum atomic E-state index is 10.3. The van der Waals surface area contributed by atoms with Gasteiger partial charge in [-0.25, -0.2) is 0 Å². The van der Waals surface area contributed by atoms with Crippen LogP contribution < -0.4 is 4.74 Å². The van der Waals surface area contributed by atoms with Crippen LogP contribution in [0.15, 0.2) is 53.0 Å². The van der Waals surface area contributed by atoms with Crippen LogP contribution in [-0.2, 0) is 11.2 Å². The molecule has 0 aliphatic carbocycles. The summed E-state index contributed by atoms with van der Waals surface area (Å²) < 4.78 is 11.4. The molecule has 112 valence electrons. The van der Waals surface area contributed by atoms with E-state index in [1.54, 1.807) is 7.11 Å². The molecule has 2 aromatic carbocycles. The highest BCUT2D eigenvalue weighted by molar-refractivity contribution is 9.10. The molecular weight excluding hydrogens is 332 g/mol. The minimum atomic E-state index is -0.531. The van der Waals surface area contributed by atoms with Gasteiger partial charge in [-0.05, 0) is 39.2 Å². The lowest BCUT2D eigenvalue weighted by Crippen LogP contribution is -2.06. The van der Waals surface area contributed by atoms with Gasteiger partial charge in [0.25, 0.3) is 0 Å². The van der Waals surface area contributed by atoms with Gasteiger partial charge in [0.1, 0.15) is 12.4 Å². The molecule has 0 heterocycles. The zero-order valence-corrected chi connectivity index (χ0v) is 13.5. The van der Waals surface area contributed by atoms with E-state index in [1.807, 2.05) is 48.5 Å². The Balaban J connectivity index is 2.01. The smallest absolute Gasteiger partial charge is 0.133 e. The number of ether oxygens (including phenoxy) is 2. The van der Waals surface area contributed by atoms with Crippen LogP contribution in [0.2, 0.25) is 0 Å². The Labute approximate surface area is 133 Å². The summed E-state index contributed by atoms with van der Waals surface area (Å²) in [5, 5.41) is 10.3. The van der Waals surface area contributed by atoms with Crippen LogP contribution in [0, 0.1) is 0 Å². The zero-order valence-electron chi connectivity index (χ0n) is 12.0. The summed E-state index contributed by atoms with van der Waals surface area (Å²) in [4.78, 5) is 0. The van der Waals surface area contributed by atoms with Crippen molar-refractivity contribution in [2.24, 2.45) is 0 Å². The summed E-state index contributed by atoms with van der Waals surface area (Å²) in [7, 11) is 1.64. The second kappa shape index (κ2) is 8.17. The number of aliphatic hydroxyl groups excluding tert-OH is 1. The monoisotopic (exact) mass is 350 g/mol. The predicted molar refractivity (Wildman–Crippen MR) is 86.6 cm³/mol. The van der Waals surface area contributed by atoms with E-state index in [4.69, 9.17) is 9.47 Å². The second-order valence-corrected chi connectivity index (χ2v) is 5.59. The van der Waals surface area contributed by atoms with Crippen molar-refractivity contribution >= 4 is 15.9 Å². The highest BCUT2D eigenvalue weighted by Crippen LogP contribution is 2.29. The van der Waals surface area contributed by atoms with E-state index in [2.05, 4.69) is 15.9 Å². The zero-order chi connectivity index (χ0) is 15.1. The number of hydrogen-bond acceptors (Lipinski definition) is 3. The fourth-order valence-corrected chi connectivity index (χ4v) is 2.54. The van der Waals surface area contributed by atoms with Gasteiger partial charge in [0.15, 0.2) is 0 Å². The summed E-state index contributed by atoms with van der Waals surface area (Å²) >= 11 is 3.48. The van der Waals surface area contributed by atoms with Gasteiger partial charge in [-0.3, -0.25) is 0 Å². The maximum Gasteiger partial charge on any atom is 0.133 e. The van der Waals surface area contributed by atoms with Gasteiger partial charge in [-0.15, -0.1) is 0 Å². The van der Waals surface area contributed by atoms with Gasteiger partial charge in [0.05, 0.1) is 17.2 Å². The van der Waals surface area contributed by atoms with E-state index >= 15 is 0 Å². The topological polar surface area (TPSA) is 38.7 Å². The van der Waals surface area contributed by atoms with Crippen LogP contribution in [0.4, 0.5) is 0 Å². The summed E-state index contributed by atoms with van der Waals surface area (Å²) in [5.74, 6) is 0.753. The molecule has 21 heavy (non-hydrogen) atoms. The Morgan fingerprint density at radius 2 is 1.86 bits per heavy atom. The van der Waals surface area contributed by atoms with Crippen molar-refractivity contribution in [1.82, 2.24) is 0 Å². The predicted octanol–water partition coefficient (Wildman–Crippen LogP) is 3.75. The van der Waals surface area contributed by atoms with Gasteiger partial charge in [0, 0.05) is 13.5 Å². The molecule has 0 bridgehead atoms. The third kappa shape index (κ3) is 4.84. The third-order valence-corrected chi connectivity index (χ3v) is 3.78. The third-order valence-electron chi connectivity index (χ3n) is 3.16. The van der Waals surface area contributed by atoms with Gasteiger partial charge in [-0.2, -0.15) is 0 Å². The average molecular weight is 351 g/mol. The molecule has 0 saturated carbocycles. The van der Waals surface area contributed by atoms with Gasteiger partial charge < -0.3 is 14.6 Å². The molecular formula is C17H19BrO3. The van der Waals surface area contributed by atoms with E-state index in [0.717, 1.165) is 21.3 Å². The molecule has 0 aromatic heterocycles.